The van der Waals surface area contributed by atoms with Crippen LogP contribution in [0.3, 0.4) is 0 Å². The molecule has 12 heavy (non-hydrogen) atoms. The second-order valence-electron chi connectivity index (χ2n) is 3.02. The predicted molar refractivity (Wildman–Crippen MR) is 55.4 cm³/mol. The van der Waals surface area contributed by atoms with Gasteiger partial charge in [0.15, 0.2) is 0 Å². The van der Waals surface area contributed by atoms with Gasteiger partial charge in [0.2, 0.25) is 0 Å². The fourth-order valence-corrected chi connectivity index (χ4v) is 1.78. The van der Waals surface area contributed by atoms with Crippen molar-refractivity contribution in [2.24, 2.45) is 10.7 Å². The summed E-state index contributed by atoms with van der Waals surface area (Å²) in [6.07, 6.45) is 0. The van der Waals surface area contributed by atoms with E-state index in [1.165, 1.54) is 0 Å². The maximum Gasteiger partial charge on any atom is 0.0783 e. The zero-order chi connectivity index (χ0) is 9.14. The third-order valence-electron chi connectivity index (χ3n) is 1.43. The molecule has 1 atom stereocenters. The van der Waals surface area contributed by atoms with Crippen LogP contribution in [-0.2, 0) is 0 Å². The summed E-state index contributed by atoms with van der Waals surface area (Å²) in [5, 5.41) is 2.03. The Balaban J connectivity index is 3.00. The topological polar surface area (TPSA) is 38.4 Å². The Morgan fingerprint density at radius 1 is 1.58 bits per heavy atom. The van der Waals surface area contributed by atoms with E-state index >= 15 is 0 Å². The van der Waals surface area contributed by atoms with Gasteiger partial charge in [0, 0.05) is 16.6 Å². The third kappa shape index (κ3) is 2.16. The van der Waals surface area contributed by atoms with E-state index in [4.69, 9.17) is 5.73 Å². The highest BCUT2D eigenvalue weighted by molar-refractivity contribution is 7.10. The molecule has 0 saturated heterocycles. The lowest BCUT2D eigenvalue weighted by Crippen LogP contribution is -2.02. The summed E-state index contributed by atoms with van der Waals surface area (Å²) in [5.74, 6) is 0. The van der Waals surface area contributed by atoms with Gasteiger partial charge in [0.25, 0.3) is 0 Å². The van der Waals surface area contributed by atoms with Gasteiger partial charge in [-0.1, -0.05) is 0 Å². The first-order chi connectivity index (χ1) is 5.61. The molecule has 1 rings (SSSR count). The van der Waals surface area contributed by atoms with Crippen LogP contribution in [0.15, 0.2) is 16.4 Å². The van der Waals surface area contributed by atoms with E-state index < -0.39 is 0 Å². The molecule has 0 fully saturated rings. The maximum atomic E-state index is 5.78. The monoisotopic (exact) mass is 182 g/mol. The number of hydrogen-bond acceptors (Lipinski definition) is 3. The first kappa shape index (κ1) is 9.42. The molecule has 0 radical (unpaired) electrons. The molecule has 66 valence electrons. The van der Waals surface area contributed by atoms with Gasteiger partial charge in [0.1, 0.15) is 0 Å². The van der Waals surface area contributed by atoms with Crippen LogP contribution >= 0.6 is 11.3 Å². The molecule has 1 aromatic rings. The van der Waals surface area contributed by atoms with Crippen molar-refractivity contribution in [2.75, 3.05) is 0 Å². The van der Waals surface area contributed by atoms with Crippen LogP contribution in [0.2, 0.25) is 0 Å². The molecule has 1 heterocycles. The zero-order valence-electron chi connectivity index (χ0n) is 7.66. The van der Waals surface area contributed by atoms with Gasteiger partial charge in [-0.05, 0) is 32.2 Å². The molecule has 0 aromatic carbocycles. The van der Waals surface area contributed by atoms with Gasteiger partial charge in [-0.3, -0.25) is 4.99 Å². The molecule has 2 nitrogen and oxygen atoms in total. The second-order valence-corrected chi connectivity index (χ2v) is 3.97. The third-order valence-corrected chi connectivity index (χ3v) is 2.54. The zero-order valence-corrected chi connectivity index (χ0v) is 8.48. The van der Waals surface area contributed by atoms with E-state index in [1.54, 1.807) is 11.3 Å². The number of aliphatic imine (C=N–C) groups is 1. The van der Waals surface area contributed by atoms with E-state index in [0.29, 0.717) is 0 Å². The van der Waals surface area contributed by atoms with Gasteiger partial charge in [-0.2, -0.15) is 0 Å². The van der Waals surface area contributed by atoms with Gasteiger partial charge in [-0.25, -0.2) is 0 Å². The highest BCUT2D eigenvalue weighted by Gasteiger charge is 2.06. The lowest BCUT2D eigenvalue weighted by atomic mass is 10.2. The molecule has 2 N–H and O–H groups in total. The molecule has 0 amide bonds. The Morgan fingerprint density at radius 2 is 2.25 bits per heavy atom. The van der Waals surface area contributed by atoms with Crippen LogP contribution < -0.4 is 5.73 Å². The average Bonchev–Trinajstić information content (AvgIpc) is 2.33. The predicted octanol–water partition coefficient (Wildman–Crippen LogP) is 2.88. The highest BCUT2D eigenvalue weighted by atomic mass is 32.1. The van der Waals surface area contributed by atoms with Crippen molar-refractivity contribution < 1.29 is 0 Å². The van der Waals surface area contributed by atoms with Crippen molar-refractivity contribution in [2.45, 2.75) is 26.8 Å². The Kier molecular flexibility index (Phi) is 3.00. The molecule has 0 bridgehead atoms. The van der Waals surface area contributed by atoms with Crippen molar-refractivity contribution in [3.05, 3.63) is 16.3 Å². The van der Waals surface area contributed by atoms with Crippen LogP contribution in [0.25, 0.3) is 0 Å². The summed E-state index contributed by atoms with van der Waals surface area (Å²) < 4.78 is 0. The normalized spacial score (nSPS) is 12.7. The largest absolute Gasteiger partial charge is 0.323 e. The molecule has 0 aliphatic heterocycles. The molecule has 0 aliphatic rings. The Bertz CT molecular complexity index is 282. The lowest BCUT2D eigenvalue weighted by Gasteiger charge is -2.02. The maximum absolute atomic E-state index is 5.78. The van der Waals surface area contributed by atoms with Crippen LogP contribution in [0.1, 0.15) is 31.7 Å². The molecule has 0 spiro atoms. The number of nitrogens with zero attached hydrogens (tertiary/aromatic N) is 1. The van der Waals surface area contributed by atoms with E-state index in [0.717, 1.165) is 16.3 Å². The smallest absolute Gasteiger partial charge is 0.0783 e. The summed E-state index contributed by atoms with van der Waals surface area (Å²) in [5.41, 5.74) is 7.86. The fourth-order valence-electron chi connectivity index (χ4n) is 0.988. The van der Waals surface area contributed by atoms with Gasteiger partial charge in [0.05, 0.1) is 5.69 Å². The van der Waals surface area contributed by atoms with Crippen molar-refractivity contribution in [1.82, 2.24) is 0 Å². The van der Waals surface area contributed by atoms with Crippen molar-refractivity contribution in [3.63, 3.8) is 0 Å². The minimum Gasteiger partial charge on any atom is -0.323 e. The van der Waals surface area contributed by atoms with Crippen molar-refractivity contribution >= 4 is 22.7 Å². The molecular weight excluding hydrogens is 168 g/mol. The molecule has 0 saturated carbocycles. The molecule has 1 aromatic heterocycles. The summed E-state index contributed by atoms with van der Waals surface area (Å²) in [6, 6.07) is 2.10. The molecule has 0 aliphatic carbocycles. The first-order valence-electron chi connectivity index (χ1n) is 3.96. The first-order valence-corrected chi connectivity index (χ1v) is 4.84. The molecule has 3 heteroatoms. The van der Waals surface area contributed by atoms with Gasteiger partial charge < -0.3 is 5.73 Å². The summed E-state index contributed by atoms with van der Waals surface area (Å²) >= 11 is 1.67. The number of rotatable bonds is 2. The van der Waals surface area contributed by atoms with E-state index in [1.807, 2.05) is 32.2 Å². The van der Waals surface area contributed by atoms with Crippen LogP contribution in [0.5, 0.6) is 0 Å². The molecular formula is C9H14N2S. The summed E-state index contributed by atoms with van der Waals surface area (Å²) in [6.45, 7) is 5.96. The fraction of sp³-hybridized carbons (Fsp3) is 0.444. The molecule has 1 unspecified atom stereocenters. The average molecular weight is 182 g/mol. The quantitative estimate of drug-likeness (QED) is 0.702. The van der Waals surface area contributed by atoms with Gasteiger partial charge in [-0.15, -0.1) is 11.3 Å². The highest BCUT2D eigenvalue weighted by Crippen LogP contribution is 2.29. The van der Waals surface area contributed by atoms with Crippen molar-refractivity contribution in [1.29, 1.82) is 0 Å². The Labute approximate surface area is 77.1 Å². The Hall–Kier alpha value is -0.670. The van der Waals surface area contributed by atoms with Crippen LogP contribution in [-0.4, -0.2) is 5.71 Å². The van der Waals surface area contributed by atoms with E-state index in [9.17, 15) is 0 Å². The van der Waals surface area contributed by atoms with E-state index in [-0.39, 0.29) is 6.04 Å². The summed E-state index contributed by atoms with van der Waals surface area (Å²) in [7, 11) is 0. The van der Waals surface area contributed by atoms with E-state index in [2.05, 4.69) is 4.99 Å². The summed E-state index contributed by atoms with van der Waals surface area (Å²) in [4.78, 5) is 5.55. The number of nitrogens with two attached hydrogens (primary N) is 1. The lowest BCUT2D eigenvalue weighted by molar-refractivity contribution is 0.839. The Morgan fingerprint density at radius 3 is 2.75 bits per heavy atom. The van der Waals surface area contributed by atoms with Crippen LogP contribution in [0, 0.1) is 0 Å². The number of thiophene rings is 1. The standard InChI is InChI=1S/C9H14N2S/c1-6(2)11-8-4-5-12-9(8)7(3)10/h4-5,7H,10H2,1-3H3. The second kappa shape index (κ2) is 3.83. The minimum atomic E-state index is 0.0862. The van der Waals surface area contributed by atoms with Crippen molar-refractivity contribution in [3.8, 4) is 0 Å². The minimum absolute atomic E-state index is 0.0862. The van der Waals surface area contributed by atoms with Crippen LogP contribution in [0.4, 0.5) is 5.69 Å². The number of hydrogen-bond donors (Lipinski definition) is 1. The SMILES string of the molecule is CC(C)=Nc1ccsc1C(C)N. The van der Waals surface area contributed by atoms with Gasteiger partial charge >= 0.3 is 0 Å².